The van der Waals surface area contributed by atoms with E-state index in [1.165, 1.54) is 12.1 Å². The van der Waals surface area contributed by atoms with E-state index in [1.807, 2.05) is 6.92 Å². The maximum absolute atomic E-state index is 12.1. The Bertz CT molecular complexity index is 219. The summed E-state index contributed by atoms with van der Waals surface area (Å²) >= 11 is 0. The number of halogens is 3. The van der Waals surface area contributed by atoms with Gasteiger partial charge in [-0.05, 0) is 12.5 Å². The highest BCUT2D eigenvalue weighted by molar-refractivity contribution is 5.85. The summed E-state index contributed by atoms with van der Waals surface area (Å²) in [5.74, 6) is 0. The number of alkyl halides is 2. The van der Waals surface area contributed by atoms with E-state index in [0.717, 1.165) is 5.56 Å². The van der Waals surface area contributed by atoms with Crippen molar-refractivity contribution in [2.45, 2.75) is 19.4 Å². The Kier molecular flexibility index (Phi) is 4.88. The van der Waals surface area contributed by atoms with Gasteiger partial charge in [0.25, 0.3) is 6.43 Å². The van der Waals surface area contributed by atoms with Crippen LogP contribution in [0.15, 0.2) is 24.3 Å². The summed E-state index contributed by atoms with van der Waals surface area (Å²) in [7, 11) is 0. The van der Waals surface area contributed by atoms with Crippen molar-refractivity contribution >= 4 is 12.4 Å². The van der Waals surface area contributed by atoms with Gasteiger partial charge in [-0.1, -0.05) is 24.3 Å². The molecule has 0 aliphatic heterocycles. The van der Waals surface area contributed by atoms with Crippen LogP contribution in [0.2, 0.25) is 0 Å². The second-order valence-corrected chi connectivity index (χ2v) is 2.76. The zero-order chi connectivity index (χ0) is 9.14. The van der Waals surface area contributed by atoms with Crippen molar-refractivity contribution in [2.24, 2.45) is 5.73 Å². The highest BCUT2D eigenvalue weighted by Gasteiger charge is 2.06. The lowest BCUT2D eigenvalue weighted by molar-refractivity contribution is 0.151. The summed E-state index contributed by atoms with van der Waals surface area (Å²) < 4.78 is 24.1. The van der Waals surface area contributed by atoms with Crippen LogP contribution < -0.4 is 5.73 Å². The maximum atomic E-state index is 12.1. The molecule has 1 nitrogen and oxygen atoms in total. The summed E-state index contributed by atoms with van der Waals surface area (Å²) in [6.07, 6.45) is -2.40. The molecule has 0 saturated carbocycles. The molecule has 0 spiro atoms. The fourth-order valence-corrected chi connectivity index (χ4v) is 0.945. The predicted molar refractivity (Wildman–Crippen MR) is 51.2 cm³/mol. The first-order valence-corrected chi connectivity index (χ1v) is 3.75. The van der Waals surface area contributed by atoms with E-state index in [2.05, 4.69) is 0 Å². The van der Waals surface area contributed by atoms with Gasteiger partial charge in [0.2, 0.25) is 0 Å². The SMILES string of the molecule is C[C@@H](N)c1ccc(C(F)F)cc1.Cl. The van der Waals surface area contributed by atoms with E-state index in [1.54, 1.807) is 12.1 Å². The molecule has 2 N–H and O–H groups in total. The van der Waals surface area contributed by atoms with E-state index in [4.69, 9.17) is 5.73 Å². The average molecular weight is 208 g/mol. The lowest BCUT2D eigenvalue weighted by Crippen LogP contribution is -2.04. The minimum atomic E-state index is -2.40. The number of nitrogens with two attached hydrogens (primary N) is 1. The average Bonchev–Trinajstić information content (AvgIpc) is 2.04. The minimum absolute atomic E-state index is 0. The van der Waals surface area contributed by atoms with Crippen LogP contribution in [0.5, 0.6) is 0 Å². The molecule has 0 aliphatic rings. The zero-order valence-electron chi connectivity index (χ0n) is 7.21. The predicted octanol–water partition coefficient (Wildman–Crippen LogP) is 3.07. The first-order chi connectivity index (χ1) is 5.61. The Labute approximate surface area is 82.4 Å². The molecule has 0 heterocycles. The molecule has 1 atom stereocenters. The largest absolute Gasteiger partial charge is 0.324 e. The van der Waals surface area contributed by atoms with Gasteiger partial charge < -0.3 is 5.73 Å². The lowest BCUT2D eigenvalue weighted by Gasteiger charge is -2.05. The van der Waals surface area contributed by atoms with Crippen LogP contribution in [0, 0.1) is 0 Å². The first-order valence-electron chi connectivity index (χ1n) is 3.75. The Hall–Kier alpha value is -0.670. The van der Waals surface area contributed by atoms with Crippen LogP contribution in [0.4, 0.5) is 8.78 Å². The number of hydrogen-bond donors (Lipinski definition) is 1. The number of hydrogen-bond acceptors (Lipinski definition) is 1. The van der Waals surface area contributed by atoms with Crippen LogP contribution >= 0.6 is 12.4 Å². The Morgan fingerprint density at radius 1 is 1.08 bits per heavy atom. The fraction of sp³-hybridized carbons (Fsp3) is 0.333. The van der Waals surface area contributed by atoms with Crippen molar-refractivity contribution in [3.63, 3.8) is 0 Å². The summed E-state index contributed by atoms with van der Waals surface area (Å²) in [5.41, 5.74) is 6.47. The molecule has 0 bridgehead atoms. The van der Waals surface area contributed by atoms with E-state index in [-0.39, 0.29) is 24.0 Å². The van der Waals surface area contributed by atoms with E-state index in [0.29, 0.717) is 0 Å². The highest BCUT2D eigenvalue weighted by atomic mass is 35.5. The molecule has 0 radical (unpaired) electrons. The van der Waals surface area contributed by atoms with Crippen LogP contribution in [0.25, 0.3) is 0 Å². The van der Waals surface area contributed by atoms with Crippen molar-refractivity contribution in [3.8, 4) is 0 Å². The zero-order valence-corrected chi connectivity index (χ0v) is 8.02. The summed E-state index contributed by atoms with van der Waals surface area (Å²) in [5, 5.41) is 0. The van der Waals surface area contributed by atoms with Crippen molar-refractivity contribution in [1.29, 1.82) is 0 Å². The third kappa shape index (κ3) is 3.28. The Morgan fingerprint density at radius 3 is 1.77 bits per heavy atom. The van der Waals surface area contributed by atoms with Gasteiger partial charge in [0, 0.05) is 11.6 Å². The minimum Gasteiger partial charge on any atom is -0.324 e. The standard InChI is InChI=1S/C9H11F2N.ClH/c1-6(12)7-2-4-8(5-3-7)9(10)11;/h2-6,9H,12H2,1H3;1H/t6-;/m1./s1. The van der Waals surface area contributed by atoms with Gasteiger partial charge in [-0.2, -0.15) is 0 Å². The fourth-order valence-electron chi connectivity index (χ4n) is 0.945. The van der Waals surface area contributed by atoms with Crippen LogP contribution in [-0.2, 0) is 0 Å². The van der Waals surface area contributed by atoms with E-state index >= 15 is 0 Å². The smallest absolute Gasteiger partial charge is 0.263 e. The molecule has 13 heavy (non-hydrogen) atoms. The Morgan fingerprint density at radius 2 is 1.46 bits per heavy atom. The number of benzene rings is 1. The van der Waals surface area contributed by atoms with Gasteiger partial charge in [-0.25, -0.2) is 8.78 Å². The van der Waals surface area contributed by atoms with Gasteiger partial charge in [0.15, 0.2) is 0 Å². The summed E-state index contributed by atoms with van der Waals surface area (Å²) in [4.78, 5) is 0. The third-order valence-electron chi connectivity index (χ3n) is 1.71. The molecule has 74 valence electrons. The highest BCUT2D eigenvalue weighted by Crippen LogP contribution is 2.20. The van der Waals surface area contributed by atoms with Crippen molar-refractivity contribution < 1.29 is 8.78 Å². The van der Waals surface area contributed by atoms with Gasteiger partial charge in [-0.15, -0.1) is 12.4 Å². The first kappa shape index (κ1) is 12.3. The molecule has 0 aliphatic carbocycles. The van der Waals surface area contributed by atoms with Gasteiger partial charge >= 0.3 is 0 Å². The quantitative estimate of drug-likeness (QED) is 0.793. The number of rotatable bonds is 2. The Balaban J connectivity index is 0.00000144. The second-order valence-electron chi connectivity index (χ2n) is 2.76. The van der Waals surface area contributed by atoms with Gasteiger partial charge in [-0.3, -0.25) is 0 Å². The van der Waals surface area contributed by atoms with Gasteiger partial charge in [0.05, 0.1) is 0 Å². The molecule has 0 aromatic heterocycles. The van der Waals surface area contributed by atoms with Crippen LogP contribution in [0.1, 0.15) is 30.5 Å². The molecule has 4 heteroatoms. The van der Waals surface area contributed by atoms with Crippen LogP contribution in [-0.4, -0.2) is 0 Å². The monoisotopic (exact) mass is 207 g/mol. The van der Waals surface area contributed by atoms with Gasteiger partial charge in [0.1, 0.15) is 0 Å². The van der Waals surface area contributed by atoms with Crippen molar-refractivity contribution in [1.82, 2.24) is 0 Å². The topological polar surface area (TPSA) is 26.0 Å². The van der Waals surface area contributed by atoms with Crippen molar-refractivity contribution in [3.05, 3.63) is 35.4 Å². The van der Waals surface area contributed by atoms with Crippen LogP contribution in [0.3, 0.4) is 0 Å². The molecule has 0 unspecified atom stereocenters. The molecular weight excluding hydrogens is 196 g/mol. The maximum Gasteiger partial charge on any atom is 0.263 e. The molecule has 0 amide bonds. The molecule has 0 saturated heterocycles. The molecular formula is C9H12ClF2N. The molecule has 1 rings (SSSR count). The normalized spacial score (nSPS) is 12.4. The molecule has 0 fully saturated rings. The van der Waals surface area contributed by atoms with E-state index < -0.39 is 6.43 Å². The third-order valence-corrected chi connectivity index (χ3v) is 1.71. The summed E-state index contributed by atoms with van der Waals surface area (Å²) in [6.45, 7) is 1.82. The molecule has 1 aromatic carbocycles. The second kappa shape index (κ2) is 5.14. The van der Waals surface area contributed by atoms with E-state index in [9.17, 15) is 8.78 Å². The lowest BCUT2D eigenvalue weighted by atomic mass is 10.1. The summed E-state index contributed by atoms with van der Waals surface area (Å²) in [6, 6.07) is 5.97. The van der Waals surface area contributed by atoms with Crippen molar-refractivity contribution in [2.75, 3.05) is 0 Å². The molecule has 1 aromatic rings.